The third-order valence-electron chi connectivity index (χ3n) is 2.81. The van der Waals surface area contributed by atoms with Crippen molar-refractivity contribution in [3.63, 3.8) is 0 Å². The molecule has 1 aromatic heterocycles. The molecule has 0 saturated carbocycles. The summed E-state index contributed by atoms with van der Waals surface area (Å²) in [5, 5.41) is 0.187. The summed E-state index contributed by atoms with van der Waals surface area (Å²) in [5.41, 5.74) is 6.69. The summed E-state index contributed by atoms with van der Waals surface area (Å²) >= 11 is 5.81. The van der Waals surface area contributed by atoms with Gasteiger partial charge in [-0.25, -0.2) is 4.98 Å². The van der Waals surface area contributed by atoms with Crippen molar-refractivity contribution in [2.24, 2.45) is 0 Å². The predicted octanol–water partition coefficient (Wildman–Crippen LogP) is 2.60. The lowest BCUT2D eigenvalue weighted by Crippen LogP contribution is -2.26. The van der Waals surface area contributed by atoms with E-state index in [0.29, 0.717) is 17.0 Å². The molecule has 0 spiro atoms. The van der Waals surface area contributed by atoms with Crippen LogP contribution in [-0.4, -0.2) is 25.0 Å². The Kier molecular flexibility index (Phi) is 4.10. The molecule has 2 rings (SSSR count). The summed E-state index contributed by atoms with van der Waals surface area (Å²) in [7, 11) is 3.24. The zero-order valence-electron chi connectivity index (χ0n) is 11.1. The van der Waals surface area contributed by atoms with E-state index in [1.54, 1.807) is 20.2 Å². The monoisotopic (exact) mass is 291 g/mol. The van der Waals surface area contributed by atoms with Crippen LogP contribution in [0.1, 0.15) is 10.4 Å². The van der Waals surface area contributed by atoms with Crippen LogP contribution in [-0.2, 0) is 0 Å². The lowest BCUT2D eigenvalue weighted by molar-refractivity contribution is 0.0993. The molecular weight excluding hydrogens is 278 g/mol. The van der Waals surface area contributed by atoms with Crippen LogP contribution in [0, 0.1) is 0 Å². The Balaban J connectivity index is 2.31. The Hall–Kier alpha value is -2.27. The summed E-state index contributed by atoms with van der Waals surface area (Å²) in [6.45, 7) is 0. The standard InChI is InChI=1S/C14H14ClN3O2/c1-18(10-4-3-5-11(8-10)20-2)14(19)9-6-12(15)17-13(16)7-9/h3-8H,1-2H3,(H2,16,17). The van der Waals surface area contributed by atoms with Gasteiger partial charge in [0.25, 0.3) is 5.91 Å². The number of benzene rings is 1. The number of carbonyl (C=O) groups is 1. The zero-order valence-corrected chi connectivity index (χ0v) is 11.9. The number of ether oxygens (including phenoxy) is 1. The highest BCUT2D eigenvalue weighted by molar-refractivity contribution is 6.30. The fourth-order valence-electron chi connectivity index (χ4n) is 1.77. The van der Waals surface area contributed by atoms with Crippen LogP contribution in [0.2, 0.25) is 5.15 Å². The van der Waals surface area contributed by atoms with Crippen molar-refractivity contribution in [3.8, 4) is 5.75 Å². The van der Waals surface area contributed by atoms with Crippen LogP contribution in [0.15, 0.2) is 36.4 Å². The topological polar surface area (TPSA) is 68.5 Å². The van der Waals surface area contributed by atoms with Crippen molar-refractivity contribution in [1.82, 2.24) is 4.98 Å². The van der Waals surface area contributed by atoms with Crippen molar-refractivity contribution in [1.29, 1.82) is 0 Å². The number of hydrogen-bond acceptors (Lipinski definition) is 4. The number of carbonyl (C=O) groups excluding carboxylic acids is 1. The number of pyridine rings is 1. The molecule has 1 aromatic carbocycles. The second kappa shape index (κ2) is 5.79. The molecule has 20 heavy (non-hydrogen) atoms. The number of halogens is 1. The van der Waals surface area contributed by atoms with Gasteiger partial charge in [-0.3, -0.25) is 4.79 Å². The molecule has 0 fully saturated rings. The molecular formula is C14H14ClN3O2. The fourth-order valence-corrected chi connectivity index (χ4v) is 1.99. The third kappa shape index (κ3) is 3.00. The third-order valence-corrected chi connectivity index (χ3v) is 3.00. The van der Waals surface area contributed by atoms with Crippen molar-refractivity contribution >= 4 is 29.0 Å². The average molecular weight is 292 g/mol. The highest BCUT2D eigenvalue weighted by Crippen LogP contribution is 2.22. The fraction of sp³-hybridized carbons (Fsp3) is 0.143. The van der Waals surface area contributed by atoms with E-state index in [4.69, 9.17) is 22.1 Å². The molecule has 5 nitrogen and oxygen atoms in total. The molecule has 6 heteroatoms. The van der Waals surface area contributed by atoms with Gasteiger partial charge >= 0.3 is 0 Å². The molecule has 0 aliphatic rings. The first-order valence-electron chi connectivity index (χ1n) is 5.86. The van der Waals surface area contributed by atoms with Gasteiger partial charge in [0, 0.05) is 24.4 Å². The molecule has 0 radical (unpaired) electrons. The molecule has 1 heterocycles. The van der Waals surface area contributed by atoms with Gasteiger partial charge in [-0.2, -0.15) is 0 Å². The quantitative estimate of drug-likeness (QED) is 0.883. The van der Waals surface area contributed by atoms with Gasteiger partial charge in [0.15, 0.2) is 0 Å². The minimum atomic E-state index is -0.228. The maximum absolute atomic E-state index is 12.4. The Morgan fingerprint density at radius 1 is 1.35 bits per heavy atom. The first kappa shape index (κ1) is 14.1. The smallest absolute Gasteiger partial charge is 0.258 e. The number of rotatable bonds is 3. The van der Waals surface area contributed by atoms with E-state index in [-0.39, 0.29) is 16.9 Å². The van der Waals surface area contributed by atoms with Crippen LogP contribution in [0.5, 0.6) is 5.75 Å². The summed E-state index contributed by atoms with van der Waals surface area (Å²) in [6.07, 6.45) is 0. The Labute approximate surface area is 121 Å². The second-order valence-electron chi connectivity index (χ2n) is 4.17. The largest absolute Gasteiger partial charge is 0.497 e. The summed E-state index contributed by atoms with van der Waals surface area (Å²) < 4.78 is 5.14. The number of amides is 1. The van der Waals surface area contributed by atoms with Crippen LogP contribution >= 0.6 is 11.6 Å². The van der Waals surface area contributed by atoms with Gasteiger partial charge in [0.2, 0.25) is 0 Å². The van der Waals surface area contributed by atoms with Gasteiger partial charge in [0.05, 0.1) is 7.11 Å². The van der Waals surface area contributed by atoms with Crippen LogP contribution in [0.4, 0.5) is 11.5 Å². The Morgan fingerprint density at radius 2 is 2.10 bits per heavy atom. The van der Waals surface area contributed by atoms with Crippen LogP contribution < -0.4 is 15.4 Å². The maximum atomic E-state index is 12.4. The van der Waals surface area contributed by atoms with E-state index >= 15 is 0 Å². The van der Waals surface area contributed by atoms with Gasteiger partial charge in [-0.05, 0) is 24.3 Å². The number of nitrogens with two attached hydrogens (primary N) is 1. The van der Waals surface area contributed by atoms with Gasteiger partial charge in [0.1, 0.15) is 16.7 Å². The zero-order chi connectivity index (χ0) is 14.7. The number of nitrogens with zero attached hydrogens (tertiary/aromatic N) is 2. The SMILES string of the molecule is COc1cccc(N(C)C(=O)c2cc(N)nc(Cl)c2)c1. The normalized spacial score (nSPS) is 10.2. The lowest BCUT2D eigenvalue weighted by Gasteiger charge is -2.18. The molecule has 1 amide bonds. The minimum Gasteiger partial charge on any atom is -0.497 e. The number of methoxy groups -OCH3 is 1. The maximum Gasteiger partial charge on any atom is 0.258 e. The highest BCUT2D eigenvalue weighted by atomic mass is 35.5. The Morgan fingerprint density at radius 3 is 2.75 bits per heavy atom. The minimum absolute atomic E-state index is 0.187. The summed E-state index contributed by atoms with van der Waals surface area (Å²) in [4.78, 5) is 17.7. The van der Waals surface area contributed by atoms with E-state index in [1.165, 1.54) is 17.0 Å². The van der Waals surface area contributed by atoms with Gasteiger partial charge in [-0.15, -0.1) is 0 Å². The first-order chi connectivity index (χ1) is 9.51. The number of hydrogen-bond donors (Lipinski definition) is 1. The Bertz CT molecular complexity index is 626. The average Bonchev–Trinajstić information content (AvgIpc) is 2.44. The molecule has 2 aromatic rings. The summed E-state index contributed by atoms with van der Waals surface area (Å²) in [5.74, 6) is 0.656. The van der Waals surface area contributed by atoms with E-state index in [1.807, 2.05) is 18.2 Å². The summed E-state index contributed by atoms with van der Waals surface area (Å²) in [6, 6.07) is 10.2. The molecule has 0 aliphatic heterocycles. The number of aromatic nitrogens is 1. The van der Waals surface area contributed by atoms with E-state index in [2.05, 4.69) is 4.98 Å². The van der Waals surface area contributed by atoms with Crippen LogP contribution in [0.3, 0.4) is 0 Å². The van der Waals surface area contributed by atoms with E-state index in [9.17, 15) is 4.79 Å². The highest BCUT2D eigenvalue weighted by Gasteiger charge is 2.15. The molecule has 104 valence electrons. The molecule has 0 unspecified atom stereocenters. The second-order valence-corrected chi connectivity index (χ2v) is 4.56. The van der Waals surface area contributed by atoms with Gasteiger partial charge < -0.3 is 15.4 Å². The molecule has 0 atom stereocenters. The first-order valence-corrected chi connectivity index (χ1v) is 6.24. The molecule has 0 aliphatic carbocycles. The number of anilines is 2. The predicted molar refractivity (Wildman–Crippen MR) is 79.4 cm³/mol. The van der Waals surface area contributed by atoms with Crippen LogP contribution in [0.25, 0.3) is 0 Å². The molecule has 2 N–H and O–H groups in total. The number of nitrogen functional groups attached to an aromatic ring is 1. The van der Waals surface area contributed by atoms with E-state index < -0.39 is 0 Å². The van der Waals surface area contributed by atoms with E-state index in [0.717, 1.165) is 0 Å². The van der Waals surface area contributed by atoms with Crippen molar-refractivity contribution in [2.75, 3.05) is 24.8 Å². The molecule has 0 bridgehead atoms. The van der Waals surface area contributed by atoms with Gasteiger partial charge in [-0.1, -0.05) is 17.7 Å². The van der Waals surface area contributed by atoms with Crippen molar-refractivity contribution in [3.05, 3.63) is 47.1 Å². The lowest BCUT2D eigenvalue weighted by atomic mass is 10.2. The van der Waals surface area contributed by atoms with Crippen molar-refractivity contribution in [2.45, 2.75) is 0 Å². The molecule has 0 saturated heterocycles. The van der Waals surface area contributed by atoms with Crippen molar-refractivity contribution < 1.29 is 9.53 Å².